The smallest absolute Gasteiger partial charge is 0.227 e. The largest absolute Gasteiger partial charge is 0.338 e. The SMILES string of the molecule is C=C(C)c1ccc2nc(N3CCN(C)CC3)n3nc(C)cc3c2c1. The molecule has 124 valence electrons. The van der Waals surface area contributed by atoms with E-state index in [1.807, 2.05) is 18.4 Å². The van der Waals surface area contributed by atoms with E-state index in [2.05, 4.69) is 47.7 Å². The molecule has 3 aromatic rings. The number of hydrogen-bond acceptors (Lipinski definition) is 4. The number of hydrogen-bond donors (Lipinski definition) is 0. The molecule has 0 atom stereocenters. The molecule has 24 heavy (non-hydrogen) atoms. The van der Waals surface area contributed by atoms with Crippen molar-refractivity contribution < 1.29 is 0 Å². The number of aromatic nitrogens is 3. The number of likely N-dealkylation sites (N-methyl/N-ethyl adjacent to an activating group) is 1. The van der Waals surface area contributed by atoms with Crippen molar-refractivity contribution in [2.24, 2.45) is 0 Å². The first-order valence-electron chi connectivity index (χ1n) is 8.42. The van der Waals surface area contributed by atoms with Gasteiger partial charge in [-0.15, -0.1) is 0 Å². The molecule has 1 saturated heterocycles. The summed E-state index contributed by atoms with van der Waals surface area (Å²) in [5.41, 5.74) is 5.36. The van der Waals surface area contributed by atoms with E-state index in [1.165, 1.54) is 0 Å². The summed E-state index contributed by atoms with van der Waals surface area (Å²) in [4.78, 5) is 9.63. The fourth-order valence-corrected chi connectivity index (χ4v) is 3.31. The van der Waals surface area contributed by atoms with Gasteiger partial charge in [-0.2, -0.15) is 9.61 Å². The number of rotatable bonds is 2. The first-order valence-corrected chi connectivity index (χ1v) is 8.42. The minimum Gasteiger partial charge on any atom is -0.338 e. The first-order chi connectivity index (χ1) is 11.5. The quantitative estimate of drug-likeness (QED) is 0.727. The molecule has 2 aromatic heterocycles. The topological polar surface area (TPSA) is 36.7 Å². The highest BCUT2D eigenvalue weighted by Crippen LogP contribution is 2.27. The molecule has 0 aliphatic carbocycles. The van der Waals surface area contributed by atoms with Gasteiger partial charge in [-0.3, -0.25) is 0 Å². The molecule has 0 radical (unpaired) electrons. The second-order valence-corrected chi connectivity index (χ2v) is 6.80. The van der Waals surface area contributed by atoms with E-state index in [9.17, 15) is 0 Å². The Labute approximate surface area is 142 Å². The maximum Gasteiger partial charge on any atom is 0.227 e. The Morgan fingerprint density at radius 2 is 1.88 bits per heavy atom. The Morgan fingerprint density at radius 1 is 1.12 bits per heavy atom. The molecule has 1 aliphatic rings. The van der Waals surface area contributed by atoms with Gasteiger partial charge < -0.3 is 9.80 Å². The van der Waals surface area contributed by atoms with Crippen molar-refractivity contribution in [1.82, 2.24) is 19.5 Å². The minimum atomic E-state index is 0.946. The third-order valence-corrected chi connectivity index (χ3v) is 4.79. The number of anilines is 1. The van der Waals surface area contributed by atoms with Gasteiger partial charge in [-0.1, -0.05) is 18.2 Å². The molecule has 0 saturated carbocycles. The van der Waals surface area contributed by atoms with Crippen molar-refractivity contribution in [3.8, 4) is 0 Å². The van der Waals surface area contributed by atoms with Gasteiger partial charge in [0.15, 0.2) is 0 Å². The number of benzene rings is 1. The summed E-state index contributed by atoms with van der Waals surface area (Å²) < 4.78 is 2.01. The molecule has 4 rings (SSSR count). The van der Waals surface area contributed by atoms with E-state index in [0.29, 0.717) is 0 Å². The zero-order valence-electron chi connectivity index (χ0n) is 14.6. The van der Waals surface area contributed by atoms with E-state index in [4.69, 9.17) is 10.1 Å². The zero-order chi connectivity index (χ0) is 16.8. The van der Waals surface area contributed by atoms with Crippen LogP contribution in [0.3, 0.4) is 0 Å². The maximum absolute atomic E-state index is 4.94. The highest BCUT2D eigenvalue weighted by Gasteiger charge is 2.20. The molecular weight excluding hydrogens is 298 g/mol. The number of piperazine rings is 1. The van der Waals surface area contributed by atoms with Crippen LogP contribution in [0.15, 0.2) is 30.8 Å². The lowest BCUT2D eigenvalue weighted by molar-refractivity contribution is 0.310. The highest BCUT2D eigenvalue weighted by atomic mass is 15.4. The highest BCUT2D eigenvalue weighted by molar-refractivity contribution is 5.96. The van der Waals surface area contributed by atoms with Crippen molar-refractivity contribution >= 4 is 27.9 Å². The van der Waals surface area contributed by atoms with Crippen molar-refractivity contribution in [3.63, 3.8) is 0 Å². The van der Waals surface area contributed by atoms with Gasteiger partial charge in [0, 0.05) is 31.6 Å². The van der Waals surface area contributed by atoms with Crippen LogP contribution in [-0.2, 0) is 0 Å². The molecule has 0 bridgehead atoms. The van der Waals surface area contributed by atoms with Gasteiger partial charge in [-0.05, 0) is 44.7 Å². The van der Waals surface area contributed by atoms with Crippen molar-refractivity contribution in [2.75, 3.05) is 38.1 Å². The number of aryl methyl sites for hydroxylation is 1. The molecule has 0 amide bonds. The standard InChI is InChI=1S/C19H23N5/c1-13(2)15-5-6-17-16(12-15)18-11-14(3)21-24(18)19(20-17)23-9-7-22(4)8-10-23/h5-6,11-12H,1,7-10H2,2-4H3. The average Bonchev–Trinajstić information content (AvgIpc) is 2.96. The van der Waals surface area contributed by atoms with Gasteiger partial charge >= 0.3 is 0 Å². The summed E-state index contributed by atoms with van der Waals surface area (Å²) >= 11 is 0. The second kappa shape index (κ2) is 5.60. The third kappa shape index (κ3) is 2.45. The van der Waals surface area contributed by atoms with Crippen LogP contribution in [0.2, 0.25) is 0 Å². The summed E-state index contributed by atoms with van der Waals surface area (Å²) in [6.45, 7) is 12.2. The van der Waals surface area contributed by atoms with Crippen LogP contribution in [0, 0.1) is 6.92 Å². The lowest BCUT2D eigenvalue weighted by Crippen LogP contribution is -2.45. The maximum atomic E-state index is 4.94. The van der Waals surface area contributed by atoms with Gasteiger partial charge in [0.05, 0.1) is 16.7 Å². The van der Waals surface area contributed by atoms with Crippen LogP contribution in [-0.4, -0.2) is 52.7 Å². The third-order valence-electron chi connectivity index (χ3n) is 4.79. The molecular formula is C19H23N5. The predicted molar refractivity (Wildman–Crippen MR) is 99.6 cm³/mol. The monoisotopic (exact) mass is 321 g/mol. The van der Waals surface area contributed by atoms with E-state index in [-0.39, 0.29) is 0 Å². The van der Waals surface area contributed by atoms with Gasteiger partial charge in [-0.25, -0.2) is 4.98 Å². The van der Waals surface area contributed by atoms with E-state index >= 15 is 0 Å². The van der Waals surface area contributed by atoms with Gasteiger partial charge in [0.2, 0.25) is 5.95 Å². The Hall–Kier alpha value is -2.40. The van der Waals surface area contributed by atoms with E-state index in [1.54, 1.807) is 0 Å². The number of fused-ring (bicyclic) bond motifs is 3. The minimum absolute atomic E-state index is 0.946. The Bertz CT molecular complexity index is 932. The summed E-state index contributed by atoms with van der Waals surface area (Å²) in [6.07, 6.45) is 0. The van der Waals surface area contributed by atoms with Crippen LogP contribution in [0.1, 0.15) is 18.2 Å². The molecule has 0 spiro atoms. The fourth-order valence-electron chi connectivity index (χ4n) is 3.31. The molecule has 1 aromatic carbocycles. The summed E-state index contributed by atoms with van der Waals surface area (Å²) in [5.74, 6) is 0.946. The lowest BCUT2D eigenvalue weighted by Gasteiger charge is -2.33. The molecule has 5 heteroatoms. The Morgan fingerprint density at radius 3 is 2.58 bits per heavy atom. The lowest BCUT2D eigenvalue weighted by atomic mass is 10.1. The molecule has 0 unspecified atom stereocenters. The molecule has 1 aliphatic heterocycles. The van der Waals surface area contributed by atoms with Crippen LogP contribution < -0.4 is 4.90 Å². The fraction of sp³-hybridized carbons (Fsp3) is 0.368. The van der Waals surface area contributed by atoms with Crippen molar-refractivity contribution in [1.29, 1.82) is 0 Å². The molecule has 5 nitrogen and oxygen atoms in total. The van der Waals surface area contributed by atoms with Gasteiger partial charge in [0.1, 0.15) is 0 Å². The normalized spacial score (nSPS) is 16.2. The van der Waals surface area contributed by atoms with Crippen LogP contribution in [0.4, 0.5) is 5.95 Å². The average molecular weight is 321 g/mol. The van der Waals surface area contributed by atoms with Crippen molar-refractivity contribution in [3.05, 3.63) is 42.1 Å². The number of allylic oxidation sites excluding steroid dienone is 1. The molecule has 3 heterocycles. The van der Waals surface area contributed by atoms with E-state index in [0.717, 1.165) is 65.4 Å². The zero-order valence-corrected chi connectivity index (χ0v) is 14.6. The van der Waals surface area contributed by atoms with Crippen molar-refractivity contribution in [2.45, 2.75) is 13.8 Å². The molecule has 0 N–H and O–H groups in total. The Balaban J connectivity index is 1.93. The summed E-state index contributed by atoms with van der Waals surface area (Å²) in [7, 11) is 2.16. The second-order valence-electron chi connectivity index (χ2n) is 6.80. The van der Waals surface area contributed by atoms with Crippen LogP contribution in [0.25, 0.3) is 22.0 Å². The summed E-state index contributed by atoms with van der Waals surface area (Å²) in [6, 6.07) is 8.52. The van der Waals surface area contributed by atoms with E-state index < -0.39 is 0 Å². The predicted octanol–water partition coefficient (Wildman–Crippen LogP) is 2.98. The van der Waals surface area contributed by atoms with Crippen LogP contribution >= 0.6 is 0 Å². The Kier molecular flexibility index (Phi) is 3.53. The van der Waals surface area contributed by atoms with Gasteiger partial charge in [0.25, 0.3) is 0 Å². The van der Waals surface area contributed by atoms with Crippen LogP contribution in [0.5, 0.6) is 0 Å². The number of nitrogens with zero attached hydrogens (tertiary/aromatic N) is 5. The summed E-state index contributed by atoms with van der Waals surface area (Å²) in [5, 5.41) is 5.84. The molecule has 1 fully saturated rings. The first kappa shape index (κ1) is 15.1.